The fraction of sp³-hybridized carbons (Fsp3) is 0.500. The average molecular weight is 392 g/mol. The number of nitrogens with zero attached hydrogens (tertiary/aromatic N) is 1. The summed E-state index contributed by atoms with van der Waals surface area (Å²) in [6, 6.07) is 3.23. The molecule has 0 spiro atoms. The van der Waals surface area contributed by atoms with Crippen molar-refractivity contribution in [2.45, 2.75) is 51.0 Å². The zero-order chi connectivity index (χ0) is 20.1. The third kappa shape index (κ3) is 3.64. The highest BCUT2D eigenvalue weighted by Crippen LogP contribution is 2.47. The average Bonchev–Trinajstić information content (AvgIpc) is 2.77. The number of aromatic nitrogens is 1. The maximum Gasteiger partial charge on any atom is 0.417 e. The number of nitrogens with one attached hydrogen (secondary N) is 1. The molecule has 3 rings (SSSR count). The first-order chi connectivity index (χ1) is 12.4. The van der Waals surface area contributed by atoms with E-state index in [1.165, 1.54) is 6.07 Å². The van der Waals surface area contributed by atoms with Gasteiger partial charge in [0.15, 0.2) is 0 Å². The van der Waals surface area contributed by atoms with Crippen molar-refractivity contribution in [3.05, 3.63) is 39.7 Å². The number of hydrogen-bond acceptors (Lipinski definition) is 2. The predicted octanol–water partition coefficient (Wildman–Crippen LogP) is 5.20. The highest BCUT2D eigenvalue weighted by molar-refractivity contribution is 5.93. The van der Waals surface area contributed by atoms with Crippen molar-refractivity contribution in [2.75, 3.05) is 11.4 Å². The molecular weight excluding hydrogens is 374 g/mol. The van der Waals surface area contributed by atoms with Crippen molar-refractivity contribution in [1.82, 2.24) is 4.98 Å². The molecule has 0 saturated heterocycles. The van der Waals surface area contributed by atoms with E-state index in [4.69, 9.17) is 0 Å². The summed E-state index contributed by atoms with van der Waals surface area (Å²) in [6.45, 7) is 3.62. The van der Waals surface area contributed by atoms with Crippen molar-refractivity contribution in [1.29, 1.82) is 0 Å². The lowest BCUT2D eigenvalue weighted by Gasteiger charge is -2.26. The monoisotopic (exact) mass is 392 g/mol. The second-order valence-electron chi connectivity index (χ2n) is 6.91. The van der Waals surface area contributed by atoms with E-state index in [9.17, 15) is 31.1 Å². The standard InChI is InChI=1S/C18H18F6N2O/c1-9-10(2)26(7-3-6-17(19,20)21)13-5-4-12-16(15(9)13)11(18(22,23)24)8-14(27)25-12/h4-5,8-10H,3,6-7H2,1-2H3,(H,25,27). The Balaban J connectivity index is 2.12. The van der Waals surface area contributed by atoms with E-state index in [1.54, 1.807) is 24.8 Å². The van der Waals surface area contributed by atoms with Gasteiger partial charge in [0.1, 0.15) is 0 Å². The Morgan fingerprint density at radius 3 is 2.37 bits per heavy atom. The SMILES string of the molecule is CC1c2c(ccc3[nH]c(=O)cc(C(F)(F)F)c23)N(CCCC(F)(F)F)C1C. The molecule has 2 heterocycles. The minimum atomic E-state index is -4.71. The van der Waals surface area contributed by atoms with Crippen molar-refractivity contribution in [3.63, 3.8) is 0 Å². The molecule has 2 aromatic rings. The van der Waals surface area contributed by atoms with Gasteiger partial charge in [0.25, 0.3) is 0 Å². The maximum absolute atomic E-state index is 13.5. The molecule has 1 aliphatic heterocycles. The van der Waals surface area contributed by atoms with Crippen LogP contribution in [0.5, 0.6) is 0 Å². The number of benzene rings is 1. The smallest absolute Gasteiger partial charge is 0.368 e. The molecule has 2 unspecified atom stereocenters. The van der Waals surface area contributed by atoms with Crippen LogP contribution in [0.2, 0.25) is 0 Å². The van der Waals surface area contributed by atoms with Gasteiger partial charge in [-0.1, -0.05) is 6.92 Å². The Hall–Kier alpha value is -2.19. The quantitative estimate of drug-likeness (QED) is 0.729. The summed E-state index contributed by atoms with van der Waals surface area (Å²) in [5.74, 6) is -0.332. The summed E-state index contributed by atoms with van der Waals surface area (Å²) >= 11 is 0. The molecule has 1 N–H and O–H groups in total. The van der Waals surface area contributed by atoms with E-state index >= 15 is 0 Å². The van der Waals surface area contributed by atoms with E-state index < -0.39 is 29.9 Å². The number of rotatable bonds is 3. The van der Waals surface area contributed by atoms with Crippen LogP contribution >= 0.6 is 0 Å². The van der Waals surface area contributed by atoms with E-state index in [2.05, 4.69) is 4.98 Å². The number of aromatic amines is 1. The van der Waals surface area contributed by atoms with Gasteiger partial charge in [-0.25, -0.2) is 0 Å². The first kappa shape index (κ1) is 19.6. The minimum Gasteiger partial charge on any atom is -0.368 e. The molecular formula is C18H18F6N2O. The lowest BCUT2D eigenvalue weighted by Crippen LogP contribution is -2.32. The number of anilines is 1. The molecule has 2 atom stereocenters. The number of halogens is 6. The zero-order valence-electron chi connectivity index (χ0n) is 14.6. The molecule has 27 heavy (non-hydrogen) atoms. The molecule has 1 aromatic heterocycles. The van der Waals surface area contributed by atoms with Crippen LogP contribution in [-0.4, -0.2) is 23.7 Å². The largest absolute Gasteiger partial charge is 0.417 e. The molecule has 1 aromatic carbocycles. The van der Waals surface area contributed by atoms with Gasteiger partial charge in [-0.2, -0.15) is 26.3 Å². The second kappa shape index (κ2) is 6.45. The van der Waals surface area contributed by atoms with Gasteiger partial charge >= 0.3 is 12.4 Å². The predicted molar refractivity (Wildman–Crippen MR) is 90.1 cm³/mol. The number of pyridine rings is 1. The van der Waals surface area contributed by atoms with Crippen molar-refractivity contribution < 1.29 is 26.3 Å². The second-order valence-corrected chi connectivity index (χ2v) is 6.91. The molecule has 0 bridgehead atoms. The van der Waals surface area contributed by atoms with Crippen LogP contribution in [-0.2, 0) is 6.18 Å². The van der Waals surface area contributed by atoms with Crippen LogP contribution in [0.1, 0.15) is 43.7 Å². The van der Waals surface area contributed by atoms with E-state index in [1.807, 2.05) is 0 Å². The van der Waals surface area contributed by atoms with Crippen molar-refractivity contribution >= 4 is 16.6 Å². The molecule has 148 valence electrons. The molecule has 9 heteroatoms. The van der Waals surface area contributed by atoms with Crippen LogP contribution in [0, 0.1) is 0 Å². The number of hydrogen-bond donors (Lipinski definition) is 1. The van der Waals surface area contributed by atoms with Crippen molar-refractivity contribution in [2.24, 2.45) is 0 Å². The Morgan fingerprint density at radius 1 is 1.11 bits per heavy atom. The van der Waals surface area contributed by atoms with E-state index in [0.29, 0.717) is 17.3 Å². The highest BCUT2D eigenvalue weighted by Gasteiger charge is 2.40. The summed E-state index contributed by atoms with van der Waals surface area (Å²) in [7, 11) is 0. The molecule has 0 fully saturated rings. The third-order valence-electron chi connectivity index (χ3n) is 5.17. The zero-order valence-corrected chi connectivity index (χ0v) is 14.6. The summed E-state index contributed by atoms with van der Waals surface area (Å²) in [5.41, 5.74) is -0.896. The van der Waals surface area contributed by atoms with Gasteiger partial charge < -0.3 is 9.88 Å². The normalized spacial score (nSPS) is 20.4. The van der Waals surface area contributed by atoms with Crippen LogP contribution < -0.4 is 10.5 Å². The molecule has 0 aliphatic carbocycles. The third-order valence-corrected chi connectivity index (χ3v) is 5.17. The van der Waals surface area contributed by atoms with Gasteiger partial charge in [0.2, 0.25) is 5.56 Å². The fourth-order valence-corrected chi connectivity index (χ4v) is 3.81. The van der Waals surface area contributed by atoms with E-state index in [0.717, 1.165) is 0 Å². The Morgan fingerprint density at radius 2 is 1.78 bits per heavy atom. The molecule has 0 saturated carbocycles. The van der Waals surface area contributed by atoms with Crippen LogP contribution in [0.4, 0.5) is 32.0 Å². The summed E-state index contributed by atoms with van der Waals surface area (Å²) in [6.07, 6.45) is -10.1. The van der Waals surface area contributed by atoms with Crippen molar-refractivity contribution in [3.8, 4) is 0 Å². The Kier molecular flexibility index (Phi) is 4.68. The number of H-pyrrole nitrogens is 1. The first-order valence-electron chi connectivity index (χ1n) is 8.50. The lowest BCUT2D eigenvalue weighted by molar-refractivity contribution is -0.136. The summed E-state index contributed by atoms with van der Waals surface area (Å²) in [4.78, 5) is 15.8. The molecule has 3 nitrogen and oxygen atoms in total. The maximum atomic E-state index is 13.5. The van der Waals surface area contributed by atoms with Crippen LogP contribution in [0.15, 0.2) is 23.0 Å². The Labute approximate surface area is 151 Å². The Bertz CT molecular complexity index is 915. The van der Waals surface area contributed by atoms with E-state index in [-0.39, 0.29) is 35.8 Å². The van der Waals surface area contributed by atoms with Gasteiger partial charge in [-0.3, -0.25) is 4.79 Å². The minimum absolute atomic E-state index is 0.0739. The van der Waals surface area contributed by atoms with Gasteiger partial charge in [-0.15, -0.1) is 0 Å². The molecule has 0 radical (unpaired) electrons. The molecule has 0 amide bonds. The summed E-state index contributed by atoms with van der Waals surface area (Å²) < 4.78 is 77.9. The number of fused-ring (bicyclic) bond motifs is 3. The van der Waals surface area contributed by atoms with Crippen LogP contribution in [0.25, 0.3) is 10.9 Å². The topological polar surface area (TPSA) is 36.1 Å². The van der Waals surface area contributed by atoms with Gasteiger partial charge in [0.05, 0.1) is 5.56 Å². The number of alkyl halides is 6. The first-order valence-corrected chi connectivity index (χ1v) is 8.50. The fourth-order valence-electron chi connectivity index (χ4n) is 3.81. The van der Waals surface area contributed by atoms with Crippen LogP contribution in [0.3, 0.4) is 0 Å². The highest BCUT2D eigenvalue weighted by atomic mass is 19.4. The van der Waals surface area contributed by atoms with Gasteiger partial charge in [0, 0.05) is 47.6 Å². The molecule has 1 aliphatic rings. The van der Waals surface area contributed by atoms with Gasteiger partial charge in [-0.05, 0) is 31.0 Å². The lowest BCUT2D eigenvalue weighted by atomic mass is 9.92. The summed E-state index contributed by atoms with van der Waals surface area (Å²) in [5, 5.41) is -0.0859.